The van der Waals surface area contributed by atoms with E-state index in [9.17, 15) is 4.79 Å². The molecule has 2 rings (SSSR count). The van der Waals surface area contributed by atoms with Gasteiger partial charge in [0.05, 0.1) is 12.1 Å². The molecule has 1 aliphatic carbocycles. The number of furan rings is 1. The predicted octanol–water partition coefficient (Wildman–Crippen LogP) is 2.60. The van der Waals surface area contributed by atoms with Crippen molar-refractivity contribution in [3.05, 3.63) is 23.7 Å². The van der Waals surface area contributed by atoms with E-state index >= 15 is 0 Å². The van der Waals surface area contributed by atoms with E-state index in [2.05, 4.69) is 11.8 Å². The average Bonchev–Trinajstić information content (AvgIpc) is 2.70. The summed E-state index contributed by atoms with van der Waals surface area (Å²) < 4.78 is 5.27. The number of aromatic carboxylic acids is 1. The van der Waals surface area contributed by atoms with Crippen molar-refractivity contribution in [2.24, 2.45) is 5.92 Å². The Morgan fingerprint density at radius 3 is 2.82 bits per heavy atom. The van der Waals surface area contributed by atoms with E-state index in [1.807, 2.05) is 0 Å². The highest BCUT2D eigenvalue weighted by atomic mass is 16.4. The summed E-state index contributed by atoms with van der Waals surface area (Å²) >= 11 is 0. The highest BCUT2D eigenvalue weighted by Crippen LogP contribution is 2.27. The van der Waals surface area contributed by atoms with E-state index in [4.69, 9.17) is 9.52 Å². The summed E-state index contributed by atoms with van der Waals surface area (Å²) in [6.07, 6.45) is 5.32. The summed E-state index contributed by atoms with van der Waals surface area (Å²) in [5.74, 6) is 0.634. The number of hydrogen-bond acceptors (Lipinski definition) is 3. The van der Waals surface area contributed by atoms with E-state index in [0.29, 0.717) is 6.54 Å². The normalized spacial score (nSPS) is 16.1. The van der Waals surface area contributed by atoms with Gasteiger partial charge < -0.3 is 9.52 Å². The molecule has 0 atom stereocenters. The lowest BCUT2D eigenvalue weighted by atomic mass is 9.85. The largest absolute Gasteiger partial charge is 0.478 e. The molecule has 1 saturated carbocycles. The van der Waals surface area contributed by atoms with Gasteiger partial charge in [-0.05, 0) is 31.4 Å². The van der Waals surface area contributed by atoms with Crippen LogP contribution in [0.25, 0.3) is 0 Å². The first-order valence-corrected chi connectivity index (χ1v) is 6.22. The molecule has 0 aromatic carbocycles. The van der Waals surface area contributed by atoms with Crippen LogP contribution in [0.1, 0.15) is 42.3 Å². The minimum absolute atomic E-state index is 0.236. The fourth-order valence-electron chi connectivity index (χ4n) is 2.14. The van der Waals surface area contributed by atoms with Crippen LogP contribution in [-0.4, -0.2) is 29.1 Å². The van der Waals surface area contributed by atoms with Crippen molar-refractivity contribution in [1.82, 2.24) is 4.90 Å². The standard InChI is InChI=1S/C13H19NO3/c1-2-14(7-10-4-3-5-10)8-12-6-11(9-17-12)13(15)16/h6,9-10H,2-5,7-8H2,1H3,(H,15,16). The molecule has 0 spiro atoms. The molecule has 0 aliphatic heterocycles. The summed E-state index contributed by atoms with van der Waals surface area (Å²) in [6.45, 7) is 4.90. The van der Waals surface area contributed by atoms with Crippen LogP contribution < -0.4 is 0 Å². The molecule has 17 heavy (non-hydrogen) atoms. The lowest BCUT2D eigenvalue weighted by molar-refractivity contribution is 0.0696. The molecule has 1 aromatic heterocycles. The van der Waals surface area contributed by atoms with Crippen LogP contribution in [0.2, 0.25) is 0 Å². The SMILES string of the molecule is CCN(Cc1cc(C(=O)O)co1)CC1CCC1. The average molecular weight is 237 g/mol. The number of rotatable bonds is 6. The summed E-state index contributed by atoms with van der Waals surface area (Å²) in [7, 11) is 0. The van der Waals surface area contributed by atoms with Crippen molar-refractivity contribution < 1.29 is 14.3 Å². The monoisotopic (exact) mass is 237 g/mol. The van der Waals surface area contributed by atoms with Crippen LogP contribution in [0, 0.1) is 5.92 Å². The van der Waals surface area contributed by atoms with Gasteiger partial charge in [0.25, 0.3) is 0 Å². The molecule has 0 saturated heterocycles. The molecule has 4 heteroatoms. The molecule has 1 N–H and O–H groups in total. The Labute approximate surface area is 101 Å². The zero-order chi connectivity index (χ0) is 12.3. The van der Waals surface area contributed by atoms with Gasteiger partial charge in [0.2, 0.25) is 0 Å². The van der Waals surface area contributed by atoms with Crippen molar-refractivity contribution in [3.63, 3.8) is 0 Å². The molecule has 1 aromatic rings. The van der Waals surface area contributed by atoms with Gasteiger partial charge in [-0.1, -0.05) is 13.3 Å². The van der Waals surface area contributed by atoms with Gasteiger partial charge in [0.15, 0.2) is 0 Å². The Bertz CT molecular complexity index is 382. The van der Waals surface area contributed by atoms with Gasteiger partial charge in [-0.3, -0.25) is 4.90 Å². The second-order valence-electron chi connectivity index (χ2n) is 4.73. The highest BCUT2D eigenvalue weighted by molar-refractivity contribution is 5.87. The number of nitrogens with zero attached hydrogens (tertiary/aromatic N) is 1. The fourth-order valence-corrected chi connectivity index (χ4v) is 2.14. The molecule has 1 aliphatic rings. The lowest BCUT2D eigenvalue weighted by Gasteiger charge is -2.31. The van der Waals surface area contributed by atoms with Crippen molar-refractivity contribution in [1.29, 1.82) is 0 Å². The molecule has 1 fully saturated rings. The number of carbonyl (C=O) groups is 1. The maximum absolute atomic E-state index is 10.7. The smallest absolute Gasteiger partial charge is 0.338 e. The van der Waals surface area contributed by atoms with Crippen LogP contribution in [-0.2, 0) is 6.54 Å². The van der Waals surface area contributed by atoms with Crippen LogP contribution >= 0.6 is 0 Å². The van der Waals surface area contributed by atoms with Crippen LogP contribution in [0.5, 0.6) is 0 Å². The maximum Gasteiger partial charge on any atom is 0.338 e. The Morgan fingerprint density at radius 2 is 2.35 bits per heavy atom. The molecule has 1 heterocycles. The van der Waals surface area contributed by atoms with Crippen molar-refractivity contribution in [2.45, 2.75) is 32.7 Å². The summed E-state index contributed by atoms with van der Waals surface area (Å²) in [5.41, 5.74) is 0.236. The Morgan fingerprint density at radius 1 is 1.59 bits per heavy atom. The Hall–Kier alpha value is -1.29. The number of carboxylic acid groups (broad SMARTS) is 1. The quantitative estimate of drug-likeness (QED) is 0.826. The van der Waals surface area contributed by atoms with Gasteiger partial charge >= 0.3 is 5.97 Å². The molecule has 0 amide bonds. The third kappa shape index (κ3) is 3.09. The van der Waals surface area contributed by atoms with Crippen molar-refractivity contribution >= 4 is 5.97 Å². The zero-order valence-electron chi connectivity index (χ0n) is 10.2. The Balaban J connectivity index is 1.89. The third-order valence-corrected chi connectivity index (χ3v) is 3.47. The highest BCUT2D eigenvalue weighted by Gasteiger charge is 2.20. The second kappa shape index (κ2) is 5.36. The van der Waals surface area contributed by atoms with Crippen LogP contribution in [0.3, 0.4) is 0 Å². The van der Waals surface area contributed by atoms with E-state index in [1.165, 1.54) is 25.5 Å². The summed E-state index contributed by atoms with van der Waals surface area (Å²) in [5, 5.41) is 8.81. The van der Waals surface area contributed by atoms with Crippen LogP contribution in [0.4, 0.5) is 0 Å². The molecule has 0 radical (unpaired) electrons. The molecular weight excluding hydrogens is 218 g/mol. The number of carboxylic acids is 1. The second-order valence-corrected chi connectivity index (χ2v) is 4.73. The summed E-state index contributed by atoms with van der Waals surface area (Å²) in [4.78, 5) is 13.0. The first-order chi connectivity index (χ1) is 8.19. The third-order valence-electron chi connectivity index (χ3n) is 3.47. The zero-order valence-corrected chi connectivity index (χ0v) is 10.2. The molecule has 4 nitrogen and oxygen atoms in total. The predicted molar refractivity (Wildman–Crippen MR) is 64.0 cm³/mol. The van der Waals surface area contributed by atoms with E-state index in [-0.39, 0.29) is 5.56 Å². The first kappa shape index (κ1) is 12.2. The molecule has 0 bridgehead atoms. The van der Waals surface area contributed by atoms with Gasteiger partial charge in [0.1, 0.15) is 12.0 Å². The van der Waals surface area contributed by atoms with E-state index < -0.39 is 5.97 Å². The van der Waals surface area contributed by atoms with Gasteiger partial charge in [-0.25, -0.2) is 4.79 Å². The van der Waals surface area contributed by atoms with Crippen LogP contribution in [0.15, 0.2) is 16.7 Å². The van der Waals surface area contributed by atoms with E-state index in [1.54, 1.807) is 6.07 Å². The first-order valence-electron chi connectivity index (χ1n) is 6.22. The van der Waals surface area contributed by atoms with Gasteiger partial charge in [-0.15, -0.1) is 0 Å². The van der Waals surface area contributed by atoms with Crippen molar-refractivity contribution in [2.75, 3.05) is 13.1 Å². The van der Waals surface area contributed by atoms with Gasteiger partial charge in [-0.2, -0.15) is 0 Å². The molecule has 94 valence electrons. The minimum Gasteiger partial charge on any atom is -0.478 e. The minimum atomic E-state index is -0.929. The van der Waals surface area contributed by atoms with E-state index in [0.717, 1.165) is 24.8 Å². The topological polar surface area (TPSA) is 53.7 Å². The lowest BCUT2D eigenvalue weighted by Crippen LogP contribution is -2.31. The number of hydrogen-bond donors (Lipinski definition) is 1. The van der Waals surface area contributed by atoms with Crippen molar-refractivity contribution in [3.8, 4) is 0 Å². The summed E-state index contributed by atoms with van der Waals surface area (Å²) in [6, 6.07) is 1.62. The fraction of sp³-hybridized carbons (Fsp3) is 0.615. The maximum atomic E-state index is 10.7. The van der Waals surface area contributed by atoms with Gasteiger partial charge in [0, 0.05) is 6.54 Å². The Kier molecular flexibility index (Phi) is 3.84. The molecule has 0 unspecified atom stereocenters. The molecular formula is C13H19NO3.